The monoisotopic (exact) mass is 468 g/mol. The molecule has 2 aliphatic rings. The van der Waals surface area contributed by atoms with Gasteiger partial charge in [-0.15, -0.1) is 0 Å². The van der Waals surface area contributed by atoms with Crippen LogP contribution in [0.3, 0.4) is 0 Å². The van der Waals surface area contributed by atoms with Gasteiger partial charge in [-0.1, -0.05) is 37.3 Å². The Hall–Kier alpha value is -3.18. The highest BCUT2D eigenvalue weighted by molar-refractivity contribution is 7.80. The fourth-order valence-corrected chi connectivity index (χ4v) is 5.57. The zero-order valence-corrected chi connectivity index (χ0v) is 21.4. The molecule has 34 heavy (non-hydrogen) atoms. The van der Waals surface area contributed by atoms with Crippen molar-refractivity contribution in [3.05, 3.63) is 95.3 Å². The van der Waals surface area contributed by atoms with Gasteiger partial charge in [0, 0.05) is 30.2 Å². The quantitative estimate of drug-likeness (QED) is 0.445. The molecule has 3 aromatic rings. The molecule has 2 aliphatic heterocycles. The zero-order valence-electron chi connectivity index (χ0n) is 20.5. The van der Waals surface area contributed by atoms with Gasteiger partial charge in [0.05, 0.1) is 23.3 Å². The first kappa shape index (κ1) is 22.6. The molecule has 3 heterocycles. The molecule has 1 saturated heterocycles. The van der Waals surface area contributed by atoms with Gasteiger partial charge in [-0.2, -0.15) is 0 Å². The van der Waals surface area contributed by atoms with Crippen LogP contribution < -0.4 is 15.1 Å². The van der Waals surface area contributed by atoms with Crippen LogP contribution in [0.5, 0.6) is 0 Å². The standard InChI is InChI=1S/C29H32N4S/c1-6-20-10-13-22(14-11-20)33-27(26(31-28(33)34)24-9-7-8-16-30-24)21-12-15-25-23(17-21)19(2)18-29(3,4)32(25)5/h7-18,26-27H,6H2,1-5H3,(H,31,34)/t26-,27-/m0/s1. The maximum Gasteiger partial charge on any atom is 0.174 e. The lowest BCUT2D eigenvalue weighted by Gasteiger charge is -2.41. The molecule has 1 aromatic heterocycles. The molecule has 0 spiro atoms. The van der Waals surface area contributed by atoms with E-state index in [1.807, 2.05) is 18.3 Å². The fourth-order valence-electron chi connectivity index (χ4n) is 5.22. The third kappa shape index (κ3) is 3.78. The maximum absolute atomic E-state index is 5.90. The van der Waals surface area contributed by atoms with Crippen molar-refractivity contribution in [2.24, 2.45) is 0 Å². The van der Waals surface area contributed by atoms with E-state index in [0.717, 1.165) is 22.9 Å². The van der Waals surface area contributed by atoms with Crippen LogP contribution in [0.4, 0.5) is 11.4 Å². The summed E-state index contributed by atoms with van der Waals surface area (Å²) in [6, 6.07) is 21.6. The van der Waals surface area contributed by atoms with Crippen LogP contribution in [0.25, 0.3) is 5.57 Å². The molecule has 2 aromatic carbocycles. The first-order valence-corrected chi connectivity index (χ1v) is 12.4. The van der Waals surface area contributed by atoms with E-state index in [-0.39, 0.29) is 17.6 Å². The Balaban J connectivity index is 1.64. The normalized spacial score (nSPS) is 21.2. The molecule has 0 unspecified atom stereocenters. The van der Waals surface area contributed by atoms with Crippen molar-refractivity contribution >= 4 is 34.3 Å². The van der Waals surface area contributed by atoms with E-state index in [1.54, 1.807) is 0 Å². The minimum atomic E-state index is -0.0420. The van der Waals surface area contributed by atoms with Crippen LogP contribution in [0, 0.1) is 0 Å². The number of nitrogens with one attached hydrogen (secondary N) is 1. The van der Waals surface area contributed by atoms with Gasteiger partial charge >= 0.3 is 0 Å². The van der Waals surface area contributed by atoms with E-state index in [1.165, 1.54) is 28.0 Å². The number of hydrogen-bond donors (Lipinski definition) is 1. The number of hydrogen-bond acceptors (Lipinski definition) is 3. The van der Waals surface area contributed by atoms with Crippen molar-refractivity contribution in [1.82, 2.24) is 10.3 Å². The number of thiocarbonyl (C=S) groups is 1. The van der Waals surface area contributed by atoms with Crippen molar-refractivity contribution in [1.29, 1.82) is 0 Å². The first-order valence-electron chi connectivity index (χ1n) is 12.0. The summed E-state index contributed by atoms with van der Waals surface area (Å²) in [5.41, 5.74) is 8.46. The minimum Gasteiger partial charge on any atom is -0.366 e. The molecule has 5 heteroatoms. The molecule has 1 N–H and O–H groups in total. The summed E-state index contributed by atoms with van der Waals surface area (Å²) in [6.45, 7) is 8.90. The predicted molar refractivity (Wildman–Crippen MR) is 146 cm³/mol. The second-order valence-corrected chi connectivity index (χ2v) is 10.2. The third-order valence-electron chi connectivity index (χ3n) is 7.30. The molecular formula is C29H32N4S. The molecule has 174 valence electrons. The van der Waals surface area contributed by atoms with E-state index in [9.17, 15) is 0 Å². The number of anilines is 2. The summed E-state index contributed by atoms with van der Waals surface area (Å²) in [5.74, 6) is 0. The lowest BCUT2D eigenvalue weighted by Crippen LogP contribution is -2.42. The highest BCUT2D eigenvalue weighted by Gasteiger charge is 2.41. The summed E-state index contributed by atoms with van der Waals surface area (Å²) in [6.07, 6.45) is 5.23. The topological polar surface area (TPSA) is 31.4 Å². The van der Waals surface area contributed by atoms with Crippen molar-refractivity contribution in [2.45, 2.75) is 51.7 Å². The average molecular weight is 469 g/mol. The maximum atomic E-state index is 5.90. The first-order chi connectivity index (χ1) is 16.3. The van der Waals surface area contributed by atoms with Gasteiger partial charge in [0.15, 0.2) is 5.11 Å². The van der Waals surface area contributed by atoms with E-state index in [2.05, 4.69) is 104 Å². The Kier molecular flexibility index (Phi) is 5.68. The molecule has 2 atom stereocenters. The van der Waals surface area contributed by atoms with Gasteiger partial charge in [-0.05, 0) is 92.5 Å². The molecular weight excluding hydrogens is 436 g/mol. The second kappa shape index (κ2) is 8.55. The van der Waals surface area contributed by atoms with E-state index in [0.29, 0.717) is 0 Å². The molecule has 0 bridgehead atoms. The van der Waals surface area contributed by atoms with E-state index < -0.39 is 0 Å². The Labute approximate surface area is 208 Å². The Morgan fingerprint density at radius 1 is 1.06 bits per heavy atom. The molecule has 0 aliphatic carbocycles. The van der Waals surface area contributed by atoms with Gasteiger partial charge in [0.1, 0.15) is 0 Å². The minimum absolute atomic E-state index is 0.00628. The van der Waals surface area contributed by atoms with Crippen molar-refractivity contribution in [3.63, 3.8) is 0 Å². The number of fused-ring (bicyclic) bond motifs is 1. The van der Waals surface area contributed by atoms with Gasteiger partial charge in [0.2, 0.25) is 0 Å². The lowest BCUT2D eigenvalue weighted by atomic mass is 9.86. The number of aryl methyl sites for hydroxylation is 1. The fraction of sp³-hybridized carbons (Fsp3) is 0.310. The van der Waals surface area contributed by atoms with Gasteiger partial charge in [-0.3, -0.25) is 4.98 Å². The Bertz CT molecular complexity index is 1250. The average Bonchev–Trinajstić information content (AvgIpc) is 3.19. The molecule has 0 amide bonds. The zero-order chi connectivity index (χ0) is 24.0. The summed E-state index contributed by atoms with van der Waals surface area (Å²) in [5, 5.41) is 4.31. The molecule has 0 saturated carbocycles. The highest BCUT2D eigenvalue weighted by Crippen LogP contribution is 2.45. The number of pyridine rings is 1. The van der Waals surface area contributed by atoms with Gasteiger partial charge in [0.25, 0.3) is 0 Å². The Morgan fingerprint density at radius 2 is 1.82 bits per heavy atom. The Morgan fingerprint density at radius 3 is 2.50 bits per heavy atom. The van der Waals surface area contributed by atoms with Crippen molar-refractivity contribution in [2.75, 3.05) is 16.8 Å². The number of allylic oxidation sites excluding steroid dienone is 1. The van der Waals surface area contributed by atoms with Crippen LogP contribution in [-0.4, -0.2) is 22.7 Å². The highest BCUT2D eigenvalue weighted by atomic mass is 32.1. The largest absolute Gasteiger partial charge is 0.366 e. The number of likely N-dealkylation sites (N-methyl/N-ethyl adjacent to an activating group) is 1. The van der Waals surface area contributed by atoms with Crippen molar-refractivity contribution in [3.8, 4) is 0 Å². The van der Waals surface area contributed by atoms with Gasteiger partial charge in [-0.25, -0.2) is 0 Å². The predicted octanol–water partition coefficient (Wildman–Crippen LogP) is 6.45. The summed E-state index contributed by atoms with van der Waals surface area (Å²) >= 11 is 5.90. The van der Waals surface area contributed by atoms with Crippen LogP contribution in [0.1, 0.15) is 62.2 Å². The number of aromatic nitrogens is 1. The summed E-state index contributed by atoms with van der Waals surface area (Å²) < 4.78 is 0. The number of nitrogens with zero attached hydrogens (tertiary/aromatic N) is 3. The third-order valence-corrected chi connectivity index (χ3v) is 7.62. The summed E-state index contributed by atoms with van der Waals surface area (Å²) in [7, 11) is 2.17. The second-order valence-electron chi connectivity index (χ2n) is 9.83. The van der Waals surface area contributed by atoms with Crippen molar-refractivity contribution < 1.29 is 0 Å². The lowest BCUT2D eigenvalue weighted by molar-refractivity contribution is 0.566. The number of benzene rings is 2. The van der Waals surface area contributed by atoms with Crippen LogP contribution >= 0.6 is 12.2 Å². The van der Waals surface area contributed by atoms with Gasteiger partial charge < -0.3 is 15.1 Å². The molecule has 1 fully saturated rings. The smallest absolute Gasteiger partial charge is 0.174 e. The van der Waals surface area contributed by atoms with E-state index >= 15 is 0 Å². The molecule has 4 nitrogen and oxygen atoms in total. The van der Waals surface area contributed by atoms with Crippen LogP contribution in [0.2, 0.25) is 0 Å². The molecule has 0 radical (unpaired) electrons. The molecule has 5 rings (SSSR count). The van der Waals surface area contributed by atoms with Crippen LogP contribution in [-0.2, 0) is 6.42 Å². The number of rotatable bonds is 4. The van der Waals surface area contributed by atoms with E-state index in [4.69, 9.17) is 17.2 Å². The SMILES string of the molecule is CCc1ccc(N2C(=S)N[C@@H](c3ccccn3)[C@@H]2c2ccc3c(c2)C(C)=CC(C)(C)N3C)cc1. The van der Waals surface area contributed by atoms with Crippen LogP contribution in [0.15, 0.2) is 72.9 Å². The summed E-state index contributed by atoms with van der Waals surface area (Å²) in [4.78, 5) is 9.30.